The first-order valence-corrected chi connectivity index (χ1v) is 7.90. The molecule has 7 heteroatoms. The number of likely N-dealkylation sites (N-methyl/N-ethyl adjacent to an activating group) is 1. The van der Waals surface area contributed by atoms with Crippen LogP contribution in [0.5, 0.6) is 0 Å². The van der Waals surface area contributed by atoms with Crippen LogP contribution >= 0.6 is 0 Å². The van der Waals surface area contributed by atoms with Crippen LogP contribution in [0.25, 0.3) is 0 Å². The van der Waals surface area contributed by atoms with Gasteiger partial charge in [-0.15, -0.1) is 0 Å². The molecule has 1 aromatic heterocycles. The van der Waals surface area contributed by atoms with Gasteiger partial charge in [-0.2, -0.15) is 5.26 Å². The summed E-state index contributed by atoms with van der Waals surface area (Å²) in [5, 5.41) is 12.4. The number of aromatic nitrogens is 2. The molecule has 0 saturated heterocycles. The fourth-order valence-corrected chi connectivity index (χ4v) is 2.96. The highest BCUT2D eigenvalue weighted by atomic mass is 16.2. The van der Waals surface area contributed by atoms with Gasteiger partial charge in [0.15, 0.2) is 5.56 Å². The van der Waals surface area contributed by atoms with Crippen LogP contribution in [0, 0.1) is 17.2 Å². The number of nitrogens with zero attached hydrogens (tertiary/aromatic N) is 4. The van der Waals surface area contributed by atoms with Crippen molar-refractivity contribution in [1.82, 2.24) is 14.0 Å². The summed E-state index contributed by atoms with van der Waals surface area (Å²) in [6.45, 7) is 4.87. The van der Waals surface area contributed by atoms with Crippen LogP contribution in [0.1, 0.15) is 32.3 Å². The maximum absolute atomic E-state index is 12.1. The number of hydrogen-bond donors (Lipinski definition) is 1. The maximum Gasteiger partial charge on any atom is 0.332 e. The lowest BCUT2D eigenvalue weighted by Gasteiger charge is -2.32. The minimum absolute atomic E-state index is 0.0309. The standard InChI is InChI=1S/C16H27N5O2/c1-7-11(8-2)13(19(3)4)10-18-14-12(9-17)15(22)21(6)16(23)20(14)5/h11,13,18H,7-8,10H2,1-6H3/t13-/m0/s1. The number of hydrogen-bond acceptors (Lipinski definition) is 5. The van der Waals surface area contributed by atoms with E-state index in [0.717, 1.165) is 17.4 Å². The van der Waals surface area contributed by atoms with Crippen LogP contribution in [0.2, 0.25) is 0 Å². The maximum atomic E-state index is 12.1. The molecule has 1 atom stereocenters. The smallest absolute Gasteiger partial charge is 0.332 e. The van der Waals surface area contributed by atoms with Gasteiger partial charge < -0.3 is 10.2 Å². The molecule has 23 heavy (non-hydrogen) atoms. The normalized spacial score (nSPS) is 12.5. The molecule has 0 aromatic carbocycles. The average molecular weight is 321 g/mol. The van der Waals surface area contributed by atoms with Crippen molar-refractivity contribution in [1.29, 1.82) is 5.26 Å². The van der Waals surface area contributed by atoms with E-state index in [1.807, 2.05) is 20.2 Å². The lowest BCUT2D eigenvalue weighted by atomic mass is 9.93. The molecule has 0 aliphatic carbocycles. The summed E-state index contributed by atoms with van der Waals surface area (Å²) < 4.78 is 2.27. The van der Waals surface area contributed by atoms with Crippen molar-refractivity contribution < 1.29 is 0 Å². The molecule has 1 rings (SSSR count). The summed E-state index contributed by atoms with van der Waals surface area (Å²) >= 11 is 0. The second-order valence-electron chi connectivity index (χ2n) is 6.03. The third-order valence-electron chi connectivity index (χ3n) is 4.51. The predicted octanol–water partition coefficient (Wildman–Crippen LogP) is 0.734. The summed E-state index contributed by atoms with van der Waals surface area (Å²) in [4.78, 5) is 26.3. The van der Waals surface area contributed by atoms with Crippen LogP contribution in [-0.2, 0) is 14.1 Å². The Kier molecular flexibility index (Phi) is 6.58. The van der Waals surface area contributed by atoms with Gasteiger partial charge in [-0.25, -0.2) is 4.79 Å². The molecule has 7 nitrogen and oxygen atoms in total. The third kappa shape index (κ3) is 3.82. The zero-order valence-corrected chi connectivity index (χ0v) is 14.9. The Balaban J connectivity index is 3.22. The highest BCUT2D eigenvalue weighted by molar-refractivity contribution is 5.51. The van der Waals surface area contributed by atoms with Gasteiger partial charge in [-0.3, -0.25) is 13.9 Å². The number of rotatable bonds is 7. The largest absolute Gasteiger partial charge is 0.369 e. The van der Waals surface area contributed by atoms with Crippen molar-refractivity contribution in [3.8, 4) is 6.07 Å². The Morgan fingerprint density at radius 1 is 1.17 bits per heavy atom. The van der Waals surface area contributed by atoms with Gasteiger partial charge in [0.1, 0.15) is 11.9 Å². The minimum atomic E-state index is -0.568. The van der Waals surface area contributed by atoms with Crippen LogP contribution in [0.15, 0.2) is 9.59 Å². The summed E-state index contributed by atoms with van der Waals surface area (Å²) in [6, 6.07) is 2.16. The molecule has 0 bridgehead atoms. The first kappa shape index (κ1) is 19.0. The van der Waals surface area contributed by atoms with E-state index in [-0.39, 0.29) is 11.6 Å². The van der Waals surface area contributed by atoms with E-state index in [2.05, 4.69) is 24.1 Å². The Hall–Kier alpha value is -2.07. The Morgan fingerprint density at radius 3 is 2.17 bits per heavy atom. The molecule has 0 amide bonds. The zero-order chi connectivity index (χ0) is 17.7. The quantitative estimate of drug-likeness (QED) is 0.800. The molecule has 1 N–H and O–H groups in total. The van der Waals surface area contributed by atoms with E-state index in [1.54, 1.807) is 7.05 Å². The number of anilines is 1. The van der Waals surface area contributed by atoms with E-state index in [1.165, 1.54) is 11.6 Å². The van der Waals surface area contributed by atoms with Crippen molar-refractivity contribution in [3.05, 3.63) is 26.4 Å². The Bertz CT molecular complexity index is 692. The van der Waals surface area contributed by atoms with Gasteiger partial charge >= 0.3 is 5.69 Å². The highest BCUT2D eigenvalue weighted by Gasteiger charge is 2.22. The van der Waals surface area contributed by atoms with Crippen LogP contribution in [-0.4, -0.2) is 40.7 Å². The molecule has 1 aromatic rings. The number of nitriles is 1. The Labute approximate surface area is 137 Å². The summed E-state index contributed by atoms with van der Waals surface area (Å²) in [6.07, 6.45) is 2.09. The molecule has 0 unspecified atom stereocenters. The summed E-state index contributed by atoms with van der Waals surface area (Å²) in [5.74, 6) is 0.782. The first-order chi connectivity index (χ1) is 10.8. The third-order valence-corrected chi connectivity index (χ3v) is 4.51. The van der Waals surface area contributed by atoms with E-state index in [4.69, 9.17) is 0 Å². The van der Waals surface area contributed by atoms with Crippen molar-refractivity contribution in [2.75, 3.05) is 26.0 Å². The van der Waals surface area contributed by atoms with Gasteiger partial charge in [0.25, 0.3) is 5.56 Å². The fraction of sp³-hybridized carbons (Fsp3) is 0.688. The van der Waals surface area contributed by atoms with Gasteiger partial charge in [0.05, 0.1) is 0 Å². The van der Waals surface area contributed by atoms with E-state index >= 15 is 0 Å². The lowest BCUT2D eigenvalue weighted by molar-refractivity contribution is 0.210. The molecule has 0 spiro atoms. The van der Waals surface area contributed by atoms with Crippen molar-refractivity contribution in [2.24, 2.45) is 20.0 Å². The van der Waals surface area contributed by atoms with Gasteiger partial charge in [-0.1, -0.05) is 26.7 Å². The second kappa shape index (κ2) is 7.97. The van der Waals surface area contributed by atoms with Gasteiger partial charge in [0.2, 0.25) is 0 Å². The molecular weight excluding hydrogens is 294 g/mol. The molecule has 0 fully saturated rings. The molecule has 1 heterocycles. The topological polar surface area (TPSA) is 83.1 Å². The van der Waals surface area contributed by atoms with Crippen LogP contribution in [0.4, 0.5) is 5.82 Å². The fourth-order valence-electron chi connectivity index (χ4n) is 2.96. The van der Waals surface area contributed by atoms with Crippen molar-refractivity contribution in [2.45, 2.75) is 32.7 Å². The minimum Gasteiger partial charge on any atom is -0.369 e. The molecular formula is C16H27N5O2. The average Bonchev–Trinajstić information content (AvgIpc) is 2.53. The molecule has 0 saturated carbocycles. The predicted molar refractivity (Wildman–Crippen MR) is 91.7 cm³/mol. The van der Waals surface area contributed by atoms with Gasteiger partial charge in [-0.05, 0) is 20.0 Å². The van der Waals surface area contributed by atoms with Crippen LogP contribution in [0.3, 0.4) is 0 Å². The van der Waals surface area contributed by atoms with E-state index in [9.17, 15) is 14.9 Å². The molecule has 0 radical (unpaired) electrons. The van der Waals surface area contributed by atoms with E-state index < -0.39 is 11.2 Å². The van der Waals surface area contributed by atoms with Gasteiger partial charge in [0, 0.05) is 26.7 Å². The summed E-state index contributed by atoms with van der Waals surface area (Å²) in [5.41, 5.74) is -1.04. The summed E-state index contributed by atoms with van der Waals surface area (Å²) in [7, 11) is 6.96. The molecule has 128 valence electrons. The number of nitrogens with one attached hydrogen (secondary N) is 1. The molecule has 0 aliphatic heterocycles. The monoisotopic (exact) mass is 321 g/mol. The first-order valence-electron chi connectivity index (χ1n) is 7.90. The SMILES string of the molecule is CCC(CC)[C@H](CNc1c(C#N)c(=O)n(C)c(=O)n1C)N(C)C. The second-order valence-corrected chi connectivity index (χ2v) is 6.03. The van der Waals surface area contributed by atoms with Crippen LogP contribution < -0.4 is 16.6 Å². The van der Waals surface area contributed by atoms with Crippen molar-refractivity contribution in [3.63, 3.8) is 0 Å². The highest BCUT2D eigenvalue weighted by Crippen LogP contribution is 2.18. The van der Waals surface area contributed by atoms with Crippen molar-refractivity contribution >= 4 is 5.82 Å². The zero-order valence-electron chi connectivity index (χ0n) is 14.9. The lowest BCUT2D eigenvalue weighted by Crippen LogP contribution is -2.43. The van der Waals surface area contributed by atoms with E-state index in [0.29, 0.717) is 18.3 Å². The molecule has 0 aliphatic rings. The Morgan fingerprint density at radius 2 is 1.74 bits per heavy atom.